The Balaban J connectivity index is 1.18. The van der Waals surface area contributed by atoms with E-state index < -0.39 is 52.3 Å². The molecule has 4 aromatic rings. The van der Waals surface area contributed by atoms with Gasteiger partial charge in [0.05, 0.1) is 5.56 Å². The standard InChI is InChI=1S/C40H38F8O/c1-2-3-4-7-25-10-12-26(13-11-25)8-5-6-9-27-14-19-33(36(43)20-27)40(47,48)49-30-16-18-31(35(42)24-30)28-15-17-32(34(41)21-28)29-22-37(44)39(46)38(45)23-29/h6,9,14-26H,2-5,7-8,10-13H2,1H3/b9-6+. The molecule has 1 saturated carbocycles. The molecule has 1 aliphatic rings. The Morgan fingerprint density at radius 1 is 0.653 bits per heavy atom. The van der Waals surface area contributed by atoms with E-state index in [1.54, 1.807) is 6.08 Å². The highest BCUT2D eigenvalue weighted by Gasteiger charge is 2.38. The van der Waals surface area contributed by atoms with Crippen molar-refractivity contribution in [2.45, 2.75) is 77.2 Å². The number of rotatable bonds is 13. The van der Waals surface area contributed by atoms with Crippen molar-refractivity contribution in [3.05, 3.63) is 119 Å². The van der Waals surface area contributed by atoms with Gasteiger partial charge in [0, 0.05) is 17.2 Å². The van der Waals surface area contributed by atoms with Crippen molar-refractivity contribution in [3.63, 3.8) is 0 Å². The Morgan fingerprint density at radius 2 is 1.27 bits per heavy atom. The second-order valence-electron chi connectivity index (χ2n) is 12.8. The van der Waals surface area contributed by atoms with E-state index in [4.69, 9.17) is 4.74 Å². The average Bonchev–Trinajstić information content (AvgIpc) is 3.06. The third kappa shape index (κ3) is 9.11. The van der Waals surface area contributed by atoms with Crippen molar-refractivity contribution in [1.29, 1.82) is 0 Å². The first kappa shape index (κ1) is 36.1. The van der Waals surface area contributed by atoms with Gasteiger partial charge in [0.1, 0.15) is 23.2 Å². The van der Waals surface area contributed by atoms with Crippen molar-refractivity contribution in [3.8, 4) is 28.0 Å². The van der Waals surface area contributed by atoms with E-state index in [0.29, 0.717) is 29.7 Å². The lowest BCUT2D eigenvalue weighted by atomic mass is 9.78. The molecule has 0 radical (unpaired) electrons. The van der Waals surface area contributed by atoms with Gasteiger partial charge in [0.25, 0.3) is 0 Å². The maximum Gasteiger partial charge on any atom is 0.429 e. The second kappa shape index (κ2) is 16.0. The minimum atomic E-state index is -4.14. The van der Waals surface area contributed by atoms with Gasteiger partial charge in [-0.3, -0.25) is 0 Å². The summed E-state index contributed by atoms with van der Waals surface area (Å²) in [5.74, 6) is -7.00. The number of ether oxygens (including phenoxy) is 1. The molecular formula is C40H38F8O. The van der Waals surface area contributed by atoms with Crippen molar-refractivity contribution in [2.75, 3.05) is 0 Å². The van der Waals surface area contributed by atoms with E-state index >= 15 is 13.2 Å². The van der Waals surface area contributed by atoms with E-state index in [2.05, 4.69) is 6.92 Å². The summed E-state index contributed by atoms with van der Waals surface area (Å²) in [4.78, 5) is 0. The van der Waals surface area contributed by atoms with Crippen LogP contribution in [0.4, 0.5) is 35.1 Å². The average molecular weight is 687 g/mol. The molecular weight excluding hydrogens is 648 g/mol. The van der Waals surface area contributed by atoms with Gasteiger partial charge in [-0.1, -0.05) is 88.6 Å². The number of halogens is 8. The zero-order chi connectivity index (χ0) is 35.1. The minimum absolute atomic E-state index is 0.0139. The van der Waals surface area contributed by atoms with Crippen molar-refractivity contribution < 1.29 is 39.9 Å². The molecule has 49 heavy (non-hydrogen) atoms. The van der Waals surface area contributed by atoms with Crippen molar-refractivity contribution in [1.82, 2.24) is 0 Å². The molecule has 260 valence electrons. The molecule has 1 aliphatic carbocycles. The van der Waals surface area contributed by atoms with Crippen LogP contribution in [0.5, 0.6) is 5.75 Å². The summed E-state index contributed by atoms with van der Waals surface area (Å²) in [6.07, 6.45) is 11.6. The molecule has 0 amide bonds. The maximum atomic E-state index is 15.0. The highest BCUT2D eigenvalue weighted by atomic mass is 19.3. The molecule has 1 nitrogen and oxygen atoms in total. The van der Waals surface area contributed by atoms with Gasteiger partial charge in [0.2, 0.25) is 0 Å². The van der Waals surface area contributed by atoms with E-state index in [1.165, 1.54) is 63.5 Å². The highest BCUT2D eigenvalue weighted by Crippen LogP contribution is 2.37. The Kier molecular flexibility index (Phi) is 11.8. The van der Waals surface area contributed by atoms with E-state index in [-0.39, 0.29) is 22.3 Å². The molecule has 1 fully saturated rings. The smallest absolute Gasteiger partial charge is 0.429 e. The van der Waals surface area contributed by atoms with Gasteiger partial charge in [0.15, 0.2) is 17.5 Å². The lowest BCUT2D eigenvalue weighted by Gasteiger charge is -2.28. The summed E-state index contributed by atoms with van der Waals surface area (Å²) in [6.45, 7) is 2.22. The van der Waals surface area contributed by atoms with Crippen LogP contribution < -0.4 is 4.74 Å². The summed E-state index contributed by atoms with van der Waals surface area (Å²) >= 11 is 0. The van der Waals surface area contributed by atoms with Gasteiger partial charge in [-0.15, -0.1) is 0 Å². The molecule has 0 heterocycles. The third-order valence-corrected chi connectivity index (χ3v) is 9.30. The van der Waals surface area contributed by atoms with E-state index in [9.17, 15) is 22.0 Å². The number of alkyl halides is 2. The van der Waals surface area contributed by atoms with Crippen LogP contribution in [0.1, 0.15) is 82.3 Å². The monoisotopic (exact) mass is 686 g/mol. The van der Waals surface area contributed by atoms with Crippen LogP contribution in [0.15, 0.2) is 72.8 Å². The van der Waals surface area contributed by atoms with Crippen LogP contribution in [0.25, 0.3) is 28.3 Å². The number of benzene rings is 4. The van der Waals surface area contributed by atoms with Gasteiger partial charge in [-0.25, -0.2) is 26.3 Å². The summed E-state index contributed by atoms with van der Waals surface area (Å²) in [5, 5.41) is 0. The van der Waals surface area contributed by atoms with Crippen molar-refractivity contribution in [2.24, 2.45) is 11.8 Å². The number of hydrogen-bond donors (Lipinski definition) is 0. The van der Waals surface area contributed by atoms with Crippen LogP contribution in [0, 0.1) is 46.7 Å². The highest BCUT2D eigenvalue weighted by molar-refractivity contribution is 5.72. The predicted octanol–water partition coefficient (Wildman–Crippen LogP) is 13.2. The first-order valence-electron chi connectivity index (χ1n) is 16.7. The molecule has 0 spiro atoms. The van der Waals surface area contributed by atoms with Gasteiger partial charge in [-0.2, -0.15) is 8.78 Å². The molecule has 0 N–H and O–H groups in total. The summed E-state index contributed by atoms with van der Waals surface area (Å²) in [6, 6.07) is 10.6. The first-order chi connectivity index (χ1) is 23.4. The normalized spacial score (nSPS) is 16.8. The Bertz CT molecular complexity index is 1750. The summed E-state index contributed by atoms with van der Waals surface area (Å²) < 4.78 is 120. The quantitative estimate of drug-likeness (QED) is 0.0773. The zero-order valence-corrected chi connectivity index (χ0v) is 27.2. The molecule has 0 aromatic heterocycles. The van der Waals surface area contributed by atoms with Crippen molar-refractivity contribution >= 4 is 6.08 Å². The van der Waals surface area contributed by atoms with Crippen LogP contribution in [0.2, 0.25) is 0 Å². The minimum Gasteiger partial charge on any atom is -0.429 e. The van der Waals surface area contributed by atoms with E-state index in [0.717, 1.165) is 55.2 Å². The Hall–Kier alpha value is -4.14. The van der Waals surface area contributed by atoms with Crippen LogP contribution in [-0.4, -0.2) is 0 Å². The van der Waals surface area contributed by atoms with Crippen LogP contribution in [-0.2, 0) is 6.11 Å². The Morgan fingerprint density at radius 3 is 1.90 bits per heavy atom. The van der Waals surface area contributed by atoms with Gasteiger partial charge in [-0.05, 0) is 83.8 Å². The maximum absolute atomic E-state index is 15.0. The largest absolute Gasteiger partial charge is 0.429 e. The molecule has 5 rings (SSSR count). The summed E-state index contributed by atoms with van der Waals surface area (Å²) in [7, 11) is 0. The molecule has 4 aromatic carbocycles. The zero-order valence-electron chi connectivity index (χ0n) is 27.2. The fraction of sp³-hybridized carbons (Fsp3) is 0.350. The van der Waals surface area contributed by atoms with Gasteiger partial charge < -0.3 is 4.74 Å². The van der Waals surface area contributed by atoms with Crippen LogP contribution >= 0.6 is 0 Å². The number of hydrogen-bond acceptors (Lipinski definition) is 1. The molecule has 0 bridgehead atoms. The third-order valence-electron chi connectivity index (χ3n) is 9.30. The fourth-order valence-corrected chi connectivity index (χ4v) is 6.54. The molecule has 0 atom stereocenters. The van der Waals surface area contributed by atoms with Gasteiger partial charge >= 0.3 is 6.11 Å². The number of allylic oxidation sites excluding steroid dienone is 1. The lowest BCUT2D eigenvalue weighted by molar-refractivity contribution is -0.187. The lowest BCUT2D eigenvalue weighted by Crippen LogP contribution is -2.23. The fourth-order valence-electron chi connectivity index (χ4n) is 6.54. The molecule has 0 unspecified atom stereocenters. The first-order valence-corrected chi connectivity index (χ1v) is 16.7. The predicted molar refractivity (Wildman–Crippen MR) is 176 cm³/mol. The topological polar surface area (TPSA) is 9.23 Å². The van der Waals surface area contributed by atoms with E-state index in [1.807, 2.05) is 6.08 Å². The molecule has 9 heteroatoms. The summed E-state index contributed by atoms with van der Waals surface area (Å²) in [5.41, 5.74) is -1.33. The van der Waals surface area contributed by atoms with Crippen LogP contribution in [0.3, 0.4) is 0 Å². The SMILES string of the molecule is CCCCCC1CCC(CC/C=C/c2ccc(C(F)(F)Oc3ccc(-c4ccc(-c5cc(F)c(F)c(F)c5)c(F)c4)c(F)c3)c(F)c2)CC1. The molecule has 0 aliphatic heterocycles. The Labute approximate surface area is 281 Å². The number of unbranched alkanes of at least 4 members (excludes halogenated alkanes) is 2. The molecule has 0 saturated heterocycles. The second-order valence-corrected chi connectivity index (χ2v) is 12.8.